The minimum atomic E-state index is 0.613. The summed E-state index contributed by atoms with van der Waals surface area (Å²) in [5.41, 5.74) is 5.60. The molecule has 84 valence electrons. The first-order chi connectivity index (χ1) is 7.29. The highest BCUT2D eigenvalue weighted by Gasteiger charge is 2.16. The highest BCUT2D eigenvalue weighted by atomic mass is 32.1. The Morgan fingerprint density at radius 1 is 1.53 bits per heavy atom. The lowest BCUT2D eigenvalue weighted by atomic mass is 10.0. The predicted octanol–water partition coefficient (Wildman–Crippen LogP) is 2.23. The highest BCUT2D eigenvalue weighted by Crippen LogP contribution is 2.26. The highest BCUT2D eigenvalue weighted by molar-refractivity contribution is 7.15. The van der Waals surface area contributed by atoms with Gasteiger partial charge in [0.05, 0.1) is 0 Å². The summed E-state index contributed by atoms with van der Waals surface area (Å²) in [6, 6.07) is 0. The average molecular weight is 225 g/mol. The molecule has 2 N–H and O–H groups in total. The summed E-state index contributed by atoms with van der Waals surface area (Å²) in [5.74, 6) is 0.865. The van der Waals surface area contributed by atoms with Gasteiger partial charge in [-0.05, 0) is 25.2 Å². The molecule has 0 amide bonds. The van der Waals surface area contributed by atoms with E-state index in [2.05, 4.69) is 16.8 Å². The van der Waals surface area contributed by atoms with Gasteiger partial charge >= 0.3 is 0 Å². The first kappa shape index (κ1) is 10.9. The number of nitrogens with two attached hydrogens (primary N) is 1. The maximum Gasteiger partial charge on any atom is 0.185 e. The Morgan fingerprint density at radius 2 is 2.40 bits per heavy atom. The van der Waals surface area contributed by atoms with Crippen molar-refractivity contribution in [2.24, 2.45) is 11.7 Å². The monoisotopic (exact) mass is 225 g/mol. The van der Waals surface area contributed by atoms with Crippen molar-refractivity contribution < 1.29 is 0 Å². The SMILES string of the molecule is CC1CCCN(c2ncc(CN)s2)CC1. The second-order valence-corrected chi connectivity index (χ2v) is 5.43. The summed E-state index contributed by atoms with van der Waals surface area (Å²) in [6.45, 7) is 5.26. The molecule has 15 heavy (non-hydrogen) atoms. The Kier molecular flexibility index (Phi) is 3.59. The fraction of sp³-hybridized carbons (Fsp3) is 0.727. The molecule has 1 aliphatic heterocycles. The number of thiazole rings is 1. The third-order valence-corrected chi connectivity index (χ3v) is 4.11. The van der Waals surface area contributed by atoms with E-state index in [0.29, 0.717) is 6.54 Å². The van der Waals surface area contributed by atoms with Crippen LogP contribution in [-0.4, -0.2) is 18.1 Å². The van der Waals surface area contributed by atoms with Gasteiger partial charge in [-0.25, -0.2) is 4.98 Å². The molecule has 0 radical (unpaired) electrons. The van der Waals surface area contributed by atoms with Gasteiger partial charge in [-0.1, -0.05) is 6.92 Å². The largest absolute Gasteiger partial charge is 0.348 e. The molecule has 0 aromatic carbocycles. The number of rotatable bonds is 2. The van der Waals surface area contributed by atoms with Gasteiger partial charge in [0.1, 0.15) is 0 Å². The molecule has 1 aromatic rings. The van der Waals surface area contributed by atoms with Crippen molar-refractivity contribution in [3.63, 3.8) is 0 Å². The van der Waals surface area contributed by atoms with E-state index in [9.17, 15) is 0 Å². The number of anilines is 1. The van der Waals surface area contributed by atoms with Gasteiger partial charge in [-0.15, -0.1) is 11.3 Å². The van der Waals surface area contributed by atoms with Crippen LogP contribution in [-0.2, 0) is 6.54 Å². The van der Waals surface area contributed by atoms with E-state index in [1.165, 1.54) is 24.1 Å². The van der Waals surface area contributed by atoms with Crippen LogP contribution in [0.4, 0.5) is 5.13 Å². The Hall–Kier alpha value is -0.610. The smallest absolute Gasteiger partial charge is 0.185 e. The van der Waals surface area contributed by atoms with Crippen LogP contribution >= 0.6 is 11.3 Å². The van der Waals surface area contributed by atoms with Crippen molar-refractivity contribution in [1.29, 1.82) is 0 Å². The molecule has 4 heteroatoms. The Labute approximate surface area is 95.3 Å². The van der Waals surface area contributed by atoms with E-state index in [-0.39, 0.29) is 0 Å². The van der Waals surface area contributed by atoms with Crippen LogP contribution in [0.25, 0.3) is 0 Å². The third kappa shape index (κ3) is 2.69. The molecule has 0 spiro atoms. The summed E-state index contributed by atoms with van der Waals surface area (Å²) in [5, 5.41) is 1.16. The van der Waals surface area contributed by atoms with Crippen LogP contribution in [0.3, 0.4) is 0 Å². The molecule has 0 bridgehead atoms. The summed E-state index contributed by atoms with van der Waals surface area (Å²) in [7, 11) is 0. The van der Waals surface area contributed by atoms with Gasteiger partial charge < -0.3 is 10.6 Å². The maximum absolute atomic E-state index is 5.60. The van der Waals surface area contributed by atoms with Crippen molar-refractivity contribution in [3.05, 3.63) is 11.1 Å². The summed E-state index contributed by atoms with van der Waals surface area (Å²) in [6.07, 6.45) is 5.84. The fourth-order valence-corrected chi connectivity index (χ4v) is 2.83. The van der Waals surface area contributed by atoms with E-state index in [1.807, 2.05) is 6.20 Å². The number of hydrogen-bond donors (Lipinski definition) is 1. The lowest BCUT2D eigenvalue weighted by Gasteiger charge is -2.18. The Bertz CT molecular complexity index is 311. The zero-order chi connectivity index (χ0) is 10.7. The molecule has 2 rings (SSSR count). The molecule has 1 aliphatic rings. The molecule has 0 aliphatic carbocycles. The first-order valence-corrected chi connectivity index (χ1v) is 6.51. The molecule has 1 saturated heterocycles. The van der Waals surface area contributed by atoms with E-state index in [0.717, 1.165) is 24.1 Å². The van der Waals surface area contributed by atoms with Crippen molar-refractivity contribution in [2.75, 3.05) is 18.0 Å². The maximum atomic E-state index is 5.60. The van der Waals surface area contributed by atoms with Crippen LogP contribution in [0.15, 0.2) is 6.20 Å². The predicted molar refractivity (Wildman–Crippen MR) is 65.2 cm³/mol. The fourth-order valence-electron chi connectivity index (χ4n) is 1.99. The van der Waals surface area contributed by atoms with Crippen LogP contribution < -0.4 is 10.6 Å². The Balaban J connectivity index is 2.03. The van der Waals surface area contributed by atoms with Gasteiger partial charge in [0, 0.05) is 30.7 Å². The normalized spacial score (nSPS) is 22.8. The van der Waals surface area contributed by atoms with Gasteiger partial charge in [0.25, 0.3) is 0 Å². The van der Waals surface area contributed by atoms with Gasteiger partial charge in [-0.2, -0.15) is 0 Å². The van der Waals surface area contributed by atoms with Gasteiger partial charge in [0.2, 0.25) is 0 Å². The molecule has 0 saturated carbocycles. The van der Waals surface area contributed by atoms with Crippen LogP contribution in [0.1, 0.15) is 31.1 Å². The minimum absolute atomic E-state index is 0.613. The molecule has 2 heterocycles. The van der Waals surface area contributed by atoms with Crippen molar-refractivity contribution >= 4 is 16.5 Å². The quantitative estimate of drug-likeness (QED) is 0.839. The zero-order valence-corrected chi connectivity index (χ0v) is 10.1. The molecule has 1 fully saturated rings. The molecule has 1 aromatic heterocycles. The lowest BCUT2D eigenvalue weighted by molar-refractivity contribution is 0.521. The minimum Gasteiger partial charge on any atom is -0.348 e. The summed E-state index contributed by atoms with van der Waals surface area (Å²) < 4.78 is 0. The van der Waals surface area contributed by atoms with Gasteiger partial charge in [0.15, 0.2) is 5.13 Å². The van der Waals surface area contributed by atoms with Gasteiger partial charge in [-0.3, -0.25) is 0 Å². The van der Waals surface area contributed by atoms with Crippen LogP contribution in [0.5, 0.6) is 0 Å². The standard InChI is InChI=1S/C11H19N3S/c1-9-3-2-5-14(6-4-9)11-13-8-10(7-12)15-11/h8-9H,2-7,12H2,1H3. The average Bonchev–Trinajstić information content (AvgIpc) is 2.62. The van der Waals surface area contributed by atoms with Crippen LogP contribution in [0.2, 0.25) is 0 Å². The second-order valence-electron chi connectivity index (χ2n) is 4.34. The van der Waals surface area contributed by atoms with E-state index < -0.39 is 0 Å². The lowest BCUT2D eigenvalue weighted by Crippen LogP contribution is -2.23. The van der Waals surface area contributed by atoms with Crippen molar-refractivity contribution in [1.82, 2.24) is 4.98 Å². The van der Waals surface area contributed by atoms with E-state index >= 15 is 0 Å². The molecule has 1 unspecified atom stereocenters. The second kappa shape index (κ2) is 4.94. The van der Waals surface area contributed by atoms with Crippen molar-refractivity contribution in [2.45, 2.75) is 32.7 Å². The van der Waals surface area contributed by atoms with E-state index in [4.69, 9.17) is 5.73 Å². The third-order valence-electron chi connectivity index (χ3n) is 3.03. The Morgan fingerprint density at radius 3 is 3.13 bits per heavy atom. The zero-order valence-electron chi connectivity index (χ0n) is 9.28. The number of aromatic nitrogens is 1. The van der Waals surface area contributed by atoms with E-state index in [1.54, 1.807) is 11.3 Å². The topological polar surface area (TPSA) is 42.2 Å². The molecule has 1 atom stereocenters. The molecular weight excluding hydrogens is 206 g/mol. The van der Waals surface area contributed by atoms with Crippen LogP contribution in [0, 0.1) is 5.92 Å². The first-order valence-electron chi connectivity index (χ1n) is 5.69. The summed E-state index contributed by atoms with van der Waals surface area (Å²) in [4.78, 5) is 8.03. The number of nitrogens with zero attached hydrogens (tertiary/aromatic N) is 2. The summed E-state index contributed by atoms with van der Waals surface area (Å²) >= 11 is 1.74. The van der Waals surface area contributed by atoms with Crippen molar-refractivity contribution in [3.8, 4) is 0 Å². The number of hydrogen-bond acceptors (Lipinski definition) is 4. The molecule has 3 nitrogen and oxygen atoms in total. The molecular formula is C11H19N3S.